The lowest BCUT2D eigenvalue weighted by Crippen LogP contribution is -2.46. The number of piperidine rings is 1. The van der Waals surface area contributed by atoms with Crippen LogP contribution in [0.2, 0.25) is 5.02 Å². The zero-order chi connectivity index (χ0) is 27.9. The molecule has 7 nitrogen and oxygen atoms in total. The van der Waals surface area contributed by atoms with Crippen molar-refractivity contribution < 1.29 is 22.8 Å². The third-order valence-corrected chi connectivity index (χ3v) is 8.77. The highest BCUT2D eigenvalue weighted by Gasteiger charge is 2.48. The molecule has 210 valence electrons. The minimum absolute atomic E-state index is 0.0162. The molecule has 5 rings (SSSR count). The van der Waals surface area contributed by atoms with Gasteiger partial charge >= 0.3 is 6.18 Å². The highest BCUT2D eigenvalue weighted by molar-refractivity contribution is 6.30. The SMILES string of the molecule is CN(C[C@@H]1CN(C(=O)C2CCN(C(=O)C3(C)CC3)CC2)C[C@H]1c1ccc(Cl)cc1)c1ncc(C(F)(F)F)cn1. The maximum absolute atomic E-state index is 13.6. The number of hydrogen-bond acceptors (Lipinski definition) is 5. The number of halogens is 4. The van der Waals surface area contributed by atoms with E-state index >= 15 is 0 Å². The van der Waals surface area contributed by atoms with Crippen molar-refractivity contribution in [2.45, 2.75) is 44.7 Å². The van der Waals surface area contributed by atoms with Crippen molar-refractivity contribution in [2.24, 2.45) is 17.3 Å². The van der Waals surface area contributed by atoms with E-state index in [1.54, 1.807) is 11.9 Å². The fourth-order valence-electron chi connectivity index (χ4n) is 5.79. The maximum atomic E-state index is 13.6. The molecule has 2 aromatic rings. The van der Waals surface area contributed by atoms with Gasteiger partial charge in [-0.05, 0) is 43.4 Å². The minimum Gasteiger partial charge on any atom is -0.344 e. The fourth-order valence-corrected chi connectivity index (χ4v) is 5.92. The summed E-state index contributed by atoms with van der Waals surface area (Å²) < 4.78 is 38.8. The predicted octanol–water partition coefficient (Wildman–Crippen LogP) is 4.87. The second-order valence-electron chi connectivity index (χ2n) is 11.4. The number of anilines is 1. The molecule has 2 aliphatic heterocycles. The lowest BCUT2D eigenvalue weighted by atomic mass is 9.88. The number of likely N-dealkylation sites (tertiary alicyclic amines) is 2. The van der Waals surface area contributed by atoms with E-state index in [0.717, 1.165) is 30.8 Å². The van der Waals surface area contributed by atoms with Gasteiger partial charge in [0.25, 0.3) is 0 Å². The zero-order valence-corrected chi connectivity index (χ0v) is 22.9. The van der Waals surface area contributed by atoms with Crippen LogP contribution in [0.1, 0.15) is 49.7 Å². The van der Waals surface area contributed by atoms with Crippen LogP contribution >= 0.6 is 11.6 Å². The Hall–Kier alpha value is -2.88. The van der Waals surface area contributed by atoms with Crippen LogP contribution in [-0.2, 0) is 15.8 Å². The molecule has 2 saturated heterocycles. The third-order valence-electron chi connectivity index (χ3n) is 8.51. The Kier molecular flexibility index (Phi) is 7.52. The molecule has 11 heteroatoms. The van der Waals surface area contributed by atoms with Gasteiger partial charge in [0.2, 0.25) is 17.8 Å². The van der Waals surface area contributed by atoms with Gasteiger partial charge < -0.3 is 14.7 Å². The quantitative estimate of drug-likeness (QED) is 0.502. The first kappa shape index (κ1) is 27.7. The van der Waals surface area contributed by atoms with Crippen LogP contribution in [0.3, 0.4) is 0 Å². The van der Waals surface area contributed by atoms with Crippen molar-refractivity contribution in [3.8, 4) is 0 Å². The summed E-state index contributed by atoms with van der Waals surface area (Å²) >= 11 is 6.11. The van der Waals surface area contributed by atoms with Crippen LogP contribution in [0, 0.1) is 17.3 Å². The summed E-state index contributed by atoms with van der Waals surface area (Å²) in [4.78, 5) is 39.8. The van der Waals surface area contributed by atoms with Gasteiger partial charge in [-0.15, -0.1) is 0 Å². The van der Waals surface area contributed by atoms with Gasteiger partial charge in [0.15, 0.2) is 0 Å². The van der Waals surface area contributed by atoms with Crippen molar-refractivity contribution in [1.29, 1.82) is 0 Å². The fraction of sp³-hybridized carbons (Fsp3) is 0.571. The molecule has 0 radical (unpaired) electrons. The average Bonchev–Trinajstić information content (AvgIpc) is 3.54. The molecule has 2 atom stereocenters. The summed E-state index contributed by atoms with van der Waals surface area (Å²) in [7, 11) is 1.75. The summed E-state index contributed by atoms with van der Waals surface area (Å²) in [6.45, 7) is 4.76. The molecule has 1 saturated carbocycles. The van der Waals surface area contributed by atoms with Crippen LogP contribution in [0.5, 0.6) is 0 Å². The topological polar surface area (TPSA) is 69.6 Å². The minimum atomic E-state index is -4.50. The highest BCUT2D eigenvalue weighted by atomic mass is 35.5. The standard InChI is InChI=1S/C28H33ClF3N5O2/c1-27(9-10-27)25(39)36-11-7-19(8-12-36)24(38)37-16-20(23(17-37)18-3-5-22(29)6-4-18)15-35(2)26-33-13-21(14-34-26)28(30,31)32/h3-6,13-14,19-20,23H,7-12,15-17H2,1-2H3/t20-,23+/m1/s1. The molecular formula is C28H33ClF3N5O2. The maximum Gasteiger partial charge on any atom is 0.419 e. The summed E-state index contributed by atoms with van der Waals surface area (Å²) in [6.07, 6.45) is 0.291. The lowest BCUT2D eigenvalue weighted by Gasteiger charge is -2.34. The summed E-state index contributed by atoms with van der Waals surface area (Å²) in [5.41, 5.74) is -0.0389. The van der Waals surface area contributed by atoms with Crippen LogP contribution in [0.4, 0.5) is 19.1 Å². The Balaban J connectivity index is 1.27. The molecule has 0 bridgehead atoms. The Labute approximate surface area is 231 Å². The first-order chi connectivity index (χ1) is 18.4. The number of carbonyl (C=O) groups is 2. The van der Waals surface area contributed by atoms with E-state index in [0.29, 0.717) is 50.6 Å². The third kappa shape index (κ3) is 6.00. The first-order valence-electron chi connectivity index (χ1n) is 13.4. The van der Waals surface area contributed by atoms with E-state index in [9.17, 15) is 22.8 Å². The summed E-state index contributed by atoms with van der Waals surface area (Å²) in [5, 5.41) is 0.623. The molecule has 0 N–H and O–H groups in total. The first-order valence-corrected chi connectivity index (χ1v) is 13.8. The van der Waals surface area contributed by atoms with E-state index in [1.807, 2.05) is 41.0 Å². The van der Waals surface area contributed by atoms with Gasteiger partial charge in [-0.25, -0.2) is 9.97 Å². The van der Waals surface area contributed by atoms with Gasteiger partial charge in [0.05, 0.1) is 5.56 Å². The van der Waals surface area contributed by atoms with Gasteiger partial charge in [-0.3, -0.25) is 9.59 Å². The van der Waals surface area contributed by atoms with Crippen molar-refractivity contribution in [3.05, 3.63) is 52.8 Å². The predicted molar refractivity (Wildman–Crippen MR) is 141 cm³/mol. The second-order valence-corrected chi connectivity index (χ2v) is 11.9. The Morgan fingerprint density at radius 2 is 1.67 bits per heavy atom. The Morgan fingerprint density at radius 3 is 2.23 bits per heavy atom. The molecule has 1 aromatic heterocycles. The lowest BCUT2D eigenvalue weighted by molar-refractivity contribution is -0.142. The number of carbonyl (C=O) groups excluding carboxylic acids is 2. The smallest absolute Gasteiger partial charge is 0.344 e. The zero-order valence-electron chi connectivity index (χ0n) is 22.1. The van der Waals surface area contributed by atoms with Gasteiger partial charge in [-0.2, -0.15) is 13.2 Å². The Morgan fingerprint density at radius 1 is 1.05 bits per heavy atom. The number of aromatic nitrogens is 2. The molecular weight excluding hydrogens is 531 g/mol. The average molecular weight is 564 g/mol. The molecule has 0 spiro atoms. The van der Waals surface area contributed by atoms with E-state index in [4.69, 9.17) is 11.6 Å². The number of rotatable bonds is 6. The molecule has 39 heavy (non-hydrogen) atoms. The van der Waals surface area contributed by atoms with E-state index in [-0.39, 0.29) is 40.9 Å². The summed E-state index contributed by atoms with van der Waals surface area (Å²) in [5.74, 6) is 0.438. The van der Waals surface area contributed by atoms with Crippen LogP contribution in [-0.4, -0.2) is 71.4 Å². The molecule has 0 unspecified atom stereocenters. The largest absolute Gasteiger partial charge is 0.419 e. The molecule has 3 aliphatic rings. The normalized spacial score (nSPS) is 23.1. The van der Waals surface area contributed by atoms with Crippen molar-refractivity contribution in [2.75, 3.05) is 44.7 Å². The monoisotopic (exact) mass is 563 g/mol. The van der Waals surface area contributed by atoms with Crippen LogP contribution in [0.15, 0.2) is 36.7 Å². The molecule has 3 fully saturated rings. The van der Waals surface area contributed by atoms with Gasteiger partial charge in [-0.1, -0.05) is 30.7 Å². The van der Waals surface area contributed by atoms with Crippen LogP contribution in [0.25, 0.3) is 0 Å². The number of benzene rings is 1. The molecule has 3 heterocycles. The highest BCUT2D eigenvalue weighted by Crippen LogP contribution is 2.47. The van der Waals surface area contributed by atoms with Crippen LogP contribution < -0.4 is 4.90 Å². The van der Waals surface area contributed by atoms with Gasteiger partial charge in [0.1, 0.15) is 0 Å². The van der Waals surface area contributed by atoms with E-state index < -0.39 is 11.7 Å². The second kappa shape index (κ2) is 10.6. The number of nitrogens with zero attached hydrogens (tertiary/aromatic N) is 5. The van der Waals surface area contributed by atoms with E-state index in [2.05, 4.69) is 9.97 Å². The van der Waals surface area contributed by atoms with E-state index in [1.165, 1.54) is 0 Å². The molecule has 1 aromatic carbocycles. The van der Waals surface area contributed by atoms with Gasteiger partial charge in [0, 0.05) is 80.4 Å². The van der Waals surface area contributed by atoms with Crippen molar-refractivity contribution in [3.63, 3.8) is 0 Å². The number of alkyl halides is 3. The number of amides is 2. The number of hydrogen-bond donors (Lipinski definition) is 0. The summed E-state index contributed by atoms with van der Waals surface area (Å²) in [6, 6.07) is 7.58. The Bertz CT molecular complexity index is 1200. The molecule has 1 aliphatic carbocycles. The van der Waals surface area contributed by atoms with Crippen molar-refractivity contribution >= 4 is 29.4 Å². The van der Waals surface area contributed by atoms with Crippen molar-refractivity contribution in [1.82, 2.24) is 19.8 Å². The molecule has 2 amide bonds.